The number of aliphatic hydroxyl groups excluding tert-OH is 1. The number of furan rings is 1. The van der Waals surface area contributed by atoms with E-state index in [4.69, 9.17) is 18.6 Å². The Kier molecular flexibility index (Phi) is 7.11. The Morgan fingerprint density at radius 3 is 2.67 bits per heavy atom. The van der Waals surface area contributed by atoms with Crippen LogP contribution in [0.1, 0.15) is 35.2 Å². The van der Waals surface area contributed by atoms with Gasteiger partial charge in [0.1, 0.15) is 34.9 Å². The molecule has 0 saturated carbocycles. The number of amides is 1. The van der Waals surface area contributed by atoms with E-state index in [1.165, 1.54) is 0 Å². The number of fused-ring (bicyclic) bond motifs is 1. The number of aliphatic hydroxyl groups is 1. The van der Waals surface area contributed by atoms with E-state index < -0.39 is 6.10 Å². The van der Waals surface area contributed by atoms with E-state index in [2.05, 4.69) is 11.1 Å². The highest BCUT2D eigenvalue weighted by Gasteiger charge is 2.26. The Morgan fingerprint density at radius 1 is 1.07 bits per heavy atom. The number of nitriles is 1. The smallest absolute Gasteiger partial charge is 0.254 e. The Balaban J connectivity index is 1.31. The fraction of sp³-hybridized carbons (Fsp3) is 0.323. The van der Waals surface area contributed by atoms with Crippen LogP contribution in [0.3, 0.4) is 0 Å². The third-order valence-electron chi connectivity index (χ3n) is 7.45. The van der Waals surface area contributed by atoms with Crippen LogP contribution in [0.2, 0.25) is 0 Å². The molecular formula is C31H29N3O6. The maximum absolute atomic E-state index is 12.9. The van der Waals surface area contributed by atoms with E-state index in [9.17, 15) is 15.2 Å². The molecule has 4 aromatic rings. The van der Waals surface area contributed by atoms with Gasteiger partial charge in [0.25, 0.3) is 5.91 Å². The molecule has 0 aliphatic carbocycles. The zero-order valence-corrected chi connectivity index (χ0v) is 22.1. The van der Waals surface area contributed by atoms with Crippen molar-refractivity contribution in [2.45, 2.75) is 31.5 Å². The molecule has 2 aliphatic rings. The van der Waals surface area contributed by atoms with Crippen molar-refractivity contribution in [3.05, 3.63) is 65.9 Å². The van der Waals surface area contributed by atoms with Gasteiger partial charge in [0.05, 0.1) is 37.6 Å². The van der Waals surface area contributed by atoms with Crippen LogP contribution in [0, 0.1) is 11.3 Å². The first kappa shape index (κ1) is 25.9. The normalized spacial score (nSPS) is 17.6. The number of likely N-dealkylation sites (tertiary alicyclic amines) is 1. The number of carbonyl (C=O) groups is 1. The predicted molar refractivity (Wildman–Crippen MR) is 147 cm³/mol. The molecule has 1 amide bonds. The van der Waals surface area contributed by atoms with Gasteiger partial charge in [-0.15, -0.1) is 0 Å². The third-order valence-corrected chi connectivity index (χ3v) is 7.45. The van der Waals surface area contributed by atoms with Crippen molar-refractivity contribution in [3.8, 4) is 40.0 Å². The van der Waals surface area contributed by atoms with Crippen LogP contribution < -0.4 is 9.47 Å². The first-order chi connectivity index (χ1) is 19.5. The molecule has 40 heavy (non-hydrogen) atoms. The van der Waals surface area contributed by atoms with Crippen molar-refractivity contribution < 1.29 is 28.5 Å². The lowest BCUT2D eigenvalue weighted by molar-refractivity contribution is 0.0254. The summed E-state index contributed by atoms with van der Waals surface area (Å²) in [6, 6.07) is 16.7. The van der Waals surface area contributed by atoms with Crippen molar-refractivity contribution in [3.63, 3.8) is 0 Å². The van der Waals surface area contributed by atoms with Crippen LogP contribution in [0.4, 0.5) is 0 Å². The van der Waals surface area contributed by atoms with Crippen LogP contribution >= 0.6 is 0 Å². The van der Waals surface area contributed by atoms with Gasteiger partial charge in [-0.3, -0.25) is 9.78 Å². The van der Waals surface area contributed by atoms with Gasteiger partial charge in [-0.25, -0.2) is 0 Å². The SMILES string of the molecule is COc1cc(C(=O)N2CC[C@@H](O)C2)ccc1-c1cc2nccc(-c3ccc(OC4CCOCC4)c(C#N)c3)c2o1. The lowest BCUT2D eigenvalue weighted by atomic mass is 10.0. The minimum absolute atomic E-state index is 0.0329. The number of ether oxygens (including phenoxy) is 3. The number of carbonyl (C=O) groups excluding carboxylic acids is 1. The summed E-state index contributed by atoms with van der Waals surface area (Å²) in [6.07, 6.45) is 3.43. The number of aromatic nitrogens is 1. The molecule has 0 spiro atoms. The molecular weight excluding hydrogens is 510 g/mol. The van der Waals surface area contributed by atoms with Crippen LogP contribution in [0.5, 0.6) is 11.5 Å². The molecule has 9 heteroatoms. The monoisotopic (exact) mass is 539 g/mol. The standard InChI is InChI=1S/C31H29N3O6/c1-37-28-15-20(31(36)34-11-7-22(35)18-34)2-4-25(28)29-16-26-30(40-29)24(6-10-33-26)19-3-5-27(21(14-19)17-32)39-23-8-12-38-13-9-23/h2-6,10,14-16,22-23,35H,7-9,11-13,18H2,1H3/t22-/m1/s1. The van der Waals surface area contributed by atoms with E-state index in [0.717, 1.165) is 24.0 Å². The van der Waals surface area contributed by atoms with Crippen molar-refractivity contribution in [1.29, 1.82) is 5.26 Å². The fourth-order valence-electron chi connectivity index (χ4n) is 5.30. The number of pyridine rings is 1. The van der Waals surface area contributed by atoms with Gasteiger partial charge in [-0.2, -0.15) is 5.26 Å². The molecule has 2 aliphatic heterocycles. The number of methoxy groups -OCH3 is 1. The summed E-state index contributed by atoms with van der Waals surface area (Å²) in [5, 5.41) is 19.7. The van der Waals surface area contributed by atoms with Crippen LogP contribution in [-0.4, -0.2) is 66.5 Å². The largest absolute Gasteiger partial charge is 0.496 e. The number of benzene rings is 2. The highest BCUT2D eigenvalue weighted by atomic mass is 16.5. The van der Waals surface area contributed by atoms with Crippen LogP contribution in [-0.2, 0) is 4.74 Å². The van der Waals surface area contributed by atoms with E-state index in [1.807, 2.05) is 30.3 Å². The topological polar surface area (TPSA) is 118 Å². The fourth-order valence-corrected chi connectivity index (χ4v) is 5.30. The first-order valence-corrected chi connectivity index (χ1v) is 13.4. The molecule has 0 radical (unpaired) electrons. The van der Waals surface area contributed by atoms with Gasteiger partial charge in [0.2, 0.25) is 0 Å². The van der Waals surface area contributed by atoms with Crippen molar-refractivity contribution in [2.75, 3.05) is 33.4 Å². The first-order valence-electron chi connectivity index (χ1n) is 13.4. The maximum Gasteiger partial charge on any atom is 0.254 e. The lowest BCUT2D eigenvalue weighted by Crippen LogP contribution is -2.29. The molecule has 0 unspecified atom stereocenters. The summed E-state index contributed by atoms with van der Waals surface area (Å²) in [4.78, 5) is 19.1. The quantitative estimate of drug-likeness (QED) is 0.371. The average Bonchev–Trinajstić information content (AvgIpc) is 3.63. The Morgan fingerprint density at radius 2 is 1.93 bits per heavy atom. The molecule has 2 fully saturated rings. The van der Waals surface area contributed by atoms with E-state index in [-0.39, 0.29) is 12.0 Å². The molecule has 1 N–H and O–H groups in total. The van der Waals surface area contributed by atoms with Gasteiger partial charge < -0.3 is 28.6 Å². The van der Waals surface area contributed by atoms with Crippen molar-refractivity contribution >= 4 is 17.0 Å². The molecule has 1 atom stereocenters. The molecule has 2 aromatic heterocycles. The minimum atomic E-state index is -0.484. The number of nitrogens with zero attached hydrogens (tertiary/aromatic N) is 3. The van der Waals surface area contributed by atoms with Gasteiger partial charge >= 0.3 is 0 Å². The maximum atomic E-state index is 12.9. The number of β-amino-alcohol motifs (C(OH)–C–C–N with tert-alkyl or cyclic N) is 1. The Labute approximate surface area is 231 Å². The number of hydrogen-bond acceptors (Lipinski definition) is 8. The number of rotatable bonds is 6. The molecule has 0 bridgehead atoms. The second-order valence-electron chi connectivity index (χ2n) is 10.0. The molecule has 6 rings (SSSR count). The minimum Gasteiger partial charge on any atom is -0.496 e. The zero-order chi connectivity index (χ0) is 27.6. The summed E-state index contributed by atoms with van der Waals surface area (Å²) < 4.78 is 23.5. The Hall–Kier alpha value is -4.39. The molecule has 9 nitrogen and oxygen atoms in total. The summed E-state index contributed by atoms with van der Waals surface area (Å²) in [7, 11) is 1.55. The second kappa shape index (κ2) is 11.0. The molecule has 2 saturated heterocycles. The summed E-state index contributed by atoms with van der Waals surface area (Å²) in [5.74, 6) is 1.45. The van der Waals surface area contributed by atoms with Gasteiger partial charge in [0, 0.05) is 49.3 Å². The van der Waals surface area contributed by atoms with E-state index >= 15 is 0 Å². The van der Waals surface area contributed by atoms with E-state index in [0.29, 0.717) is 77.8 Å². The zero-order valence-electron chi connectivity index (χ0n) is 22.1. The molecule has 204 valence electrons. The van der Waals surface area contributed by atoms with Crippen LogP contribution in [0.15, 0.2) is 59.1 Å². The third kappa shape index (κ3) is 4.99. The van der Waals surface area contributed by atoms with Crippen LogP contribution in [0.25, 0.3) is 33.6 Å². The van der Waals surface area contributed by atoms with Crippen molar-refractivity contribution in [1.82, 2.24) is 9.88 Å². The number of hydrogen-bond donors (Lipinski definition) is 1. The van der Waals surface area contributed by atoms with E-state index in [1.54, 1.807) is 36.4 Å². The summed E-state index contributed by atoms with van der Waals surface area (Å²) in [6.45, 7) is 2.18. The second-order valence-corrected chi connectivity index (χ2v) is 10.0. The predicted octanol–water partition coefficient (Wildman–Crippen LogP) is 4.81. The Bertz CT molecular complexity index is 1600. The average molecular weight is 540 g/mol. The van der Waals surface area contributed by atoms with Gasteiger partial charge in [-0.05, 0) is 48.4 Å². The summed E-state index contributed by atoms with van der Waals surface area (Å²) in [5.41, 5.74) is 4.45. The highest BCUT2D eigenvalue weighted by Crippen LogP contribution is 2.38. The molecule has 4 heterocycles. The van der Waals surface area contributed by atoms with Gasteiger partial charge in [-0.1, -0.05) is 6.07 Å². The highest BCUT2D eigenvalue weighted by molar-refractivity contribution is 5.97. The van der Waals surface area contributed by atoms with Gasteiger partial charge in [0.15, 0.2) is 5.58 Å². The summed E-state index contributed by atoms with van der Waals surface area (Å²) >= 11 is 0. The lowest BCUT2D eigenvalue weighted by Gasteiger charge is -2.23. The van der Waals surface area contributed by atoms with Crippen molar-refractivity contribution in [2.24, 2.45) is 0 Å². The molecule has 2 aromatic carbocycles.